The molecule has 0 N–H and O–H groups in total. The van der Waals surface area contributed by atoms with Crippen molar-refractivity contribution >= 4 is 0 Å². The summed E-state index contributed by atoms with van der Waals surface area (Å²) in [6, 6.07) is 8.24. The quantitative estimate of drug-likeness (QED) is 0.677. The van der Waals surface area contributed by atoms with Gasteiger partial charge in [0.1, 0.15) is 0 Å². The summed E-state index contributed by atoms with van der Waals surface area (Å²) in [5.41, 5.74) is 3.29. The van der Waals surface area contributed by atoms with Crippen molar-refractivity contribution in [2.45, 2.75) is 32.6 Å². The first kappa shape index (κ1) is 11.5. The number of aryl methyl sites for hydroxylation is 1. The van der Waals surface area contributed by atoms with E-state index in [0.29, 0.717) is 5.92 Å². The Morgan fingerprint density at radius 2 is 2.20 bits per heavy atom. The molecule has 1 heteroatoms. The van der Waals surface area contributed by atoms with Crippen molar-refractivity contribution in [1.29, 1.82) is 5.26 Å². The average Bonchev–Trinajstić information content (AvgIpc) is 2.25. The van der Waals surface area contributed by atoms with Gasteiger partial charge < -0.3 is 0 Å². The van der Waals surface area contributed by atoms with Gasteiger partial charge in [0.05, 0.1) is 11.6 Å². The zero-order valence-electron chi connectivity index (χ0n) is 9.46. The highest BCUT2D eigenvalue weighted by Crippen LogP contribution is 2.24. The molecule has 0 radical (unpaired) electrons. The molecule has 0 fully saturated rings. The Bertz CT molecular complexity index is 383. The van der Waals surface area contributed by atoms with E-state index in [4.69, 9.17) is 5.26 Å². The van der Waals surface area contributed by atoms with Crippen LogP contribution < -0.4 is 0 Å². The van der Waals surface area contributed by atoms with Crippen LogP contribution in [0.4, 0.5) is 0 Å². The summed E-state index contributed by atoms with van der Waals surface area (Å²) in [4.78, 5) is 0. The molecule has 0 saturated heterocycles. The van der Waals surface area contributed by atoms with Crippen molar-refractivity contribution in [3.05, 3.63) is 47.5 Å². The second kappa shape index (κ2) is 5.36. The Labute approximate surface area is 92.1 Å². The molecule has 15 heavy (non-hydrogen) atoms. The predicted octanol–water partition coefficient (Wildman–Crippen LogP) is 3.80. The number of nitriles is 1. The highest BCUT2D eigenvalue weighted by Gasteiger charge is 2.10. The van der Waals surface area contributed by atoms with Crippen LogP contribution in [0.1, 0.15) is 42.9 Å². The lowest BCUT2D eigenvalue weighted by atomic mass is 9.90. The smallest absolute Gasteiger partial charge is 0.0994 e. The summed E-state index contributed by atoms with van der Waals surface area (Å²) in [6.45, 7) is 7.99. The molecule has 0 spiro atoms. The van der Waals surface area contributed by atoms with Crippen LogP contribution in [-0.4, -0.2) is 0 Å². The van der Waals surface area contributed by atoms with Crippen LogP contribution in [0, 0.1) is 11.3 Å². The molecule has 0 atom stereocenters. The normalized spacial score (nSPS) is 10.0. The largest absolute Gasteiger partial charge is 0.192 e. The number of hydrogen-bond acceptors (Lipinski definition) is 1. The van der Waals surface area contributed by atoms with Crippen LogP contribution in [0.15, 0.2) is 30.9 Å². The van der Waals surface area contributed by atoms with Gasteiger partial charge >= 0.3 is 0 Å². The molecular formula is C14H17N. The topological polar surface area (TPSA) is 23.8 Å². The second-order valence-corrected chi connectivity index (χ2v) is 3.97. The Balaban J connectivity index is 3.14. The Morgan fingerprint density at radius 3 is 2.73 bits per heavy atom. The van der Waals surface area contributed by atoms with Gasteiger partial charge in [0.2, 0.25) is 0 Å². The van der Waals surface area contributed by atoms with Crippen molar-refractivity contribution in [3.63, 3.8) is 0 Å². The molecule has 0 amide bonds. The van der Waals surface area contributed by atoms with E-state index in [0.717, 1.165) is 18.4 Å². The van der Waals surface area contributed by atoms with Crippen molar-refractivity contribution in [2.24, 2.45) is 0 Å². The van der Waals surface area contributed by atoms with E-state index >= 15 is 0 Å². The molecule has 0 heterocycles. The predicted molar refractivity (Wildman–Crippen MR) is 63.8 cm³/mol. The first-order valence-electron chi connectivity index (χ1n) is 5.33. The van der Waals surface area contributed by atoms with Crippen molar-refractivity contribution < 1.29 is 0 Å². The average molecular weight is 199 g/mol. The van der Waals surface area contributed by atoms with E-state index in [1.165, 1.54) is 11.1 Å². The minimum absolute atomic E-state index is 0.403. The lowest BCUT2D eigenvalue weighted by molar-refractivity contribution is 0.830. The Hall–Kier alpha value is -1.55. The molecule has 1 aromatic rings. The van der Waals surface area contributed by atoms with Crippen LogP contribution in [0.3, 0.4) is 0 Å². The lowest BCUT2D eigenvalue weighted by Crippen LogP contribution is -1.99. The van der Waals surface area contributed by atoms with Gasteiger partial charge in [0.25, 0.3) is 0 Å². The molecular weight excluding hydrogens is 182 g/mol. The Kier molecular flexibility index (Phi) is 4.12. The molecule has 0 aliphatic rings. The van der Waals surface area contributed by atoms with Crippen molar-refractivity contribution in [1.82, 2.24) is 0 Å². The van der Waals surface area contributed by atoms with Gasteiger partial charge in [-0.25, -0.2) is 0 Å². The van der Waals surface area contributed by atoms with Crippen LogP contribution in [-0.2, 0) is 6.42 Å². The first-order valence-corrected chi connectivity index (χ1v) is 5.33. The van der Waals surface area contributed by atoms with Gasteiger partial charge in [0.15, 0.2) is 0 Å². The van der Waals surface area contributed by atoms with E-state index in [2.05, 4.69) is 32.6 Å². The summed E-state index contributed by atoms with van der Waals surface area (Å²) in [5, 5.41) is 9.05. The minimum Gasteiger partial charge on any atom is -0.192 e. The van der Waals surface area contributed by atoms with E-state index in [1.54, 1.807) is 0 Å². The van der Waals surface area contributed by atoms with Gasteiger partial charge in [0, 0.05) is 0 Å². The monoisotopic (exact) mass is 199 g/mol. The maximum Gasteiger partial charge on any atom is 0.0994 e. The number of nitrogens with zero attached hydrogens (tertiary/aromatic N) is 1. The number of hydrogen-bond donors (Lipinski definition) is 0. The fraction of sp³-hybridized carbons (Fsp3) is 0.357. The molecule has 0 unspecified atom stereocenters. The van der Waals surface area contributed by atoms with Crippen molar-refractivity contribution in [2.75, 3.05) is 0 Å². The summed E-state index contributed by atoms with van der Waals surface area (Å²) in [6.07, 6.45) is 3.87. The molecule has 0 bridgehead atoms. The molecule has 0 aromatic heterocycles. The summed E-state index contributed by atoms with van der Waals surface area (Å²) in [7, 11) is 0. The van der Waals surface area contributed by atoms with Gasteiger partial charge in [-0.2, -0.15) is 5.26 Å². The number of allylic oxidation sites excluding steroid dienone is 1. The number of rotatable bonds is 4. The van der Waals surface area contributed by atoms with E-state index < -0.39 is 0 Å². The molecule has 0 aliphatic carbocycles. The third-order valence-corrected chi connectivity index (χ3v) is 2.51. The fourth-order valence-electron chi connectivity index (χ4n) is 1.87. The highest BCUT2D eigenvalue weighted by atomic mass is 14.3. The van der Waals surface area contributed by atoms with E-state index in [1.807, 2.05) is 18.2 Å². The molecule has 1 aromatic carbocycles. The van der Waals surface area contributed by atoms with E-state index in [9.17, 15) is 0 Å². The third-order valence-electron chi connectivity index (χ3n) is 2.51. The standard InChI is InChI=1S/C14H17N/c1-4-5-7-12-8-6-9-13(10-15)14(12)11(2)3/h4,6,8-9,11H,1,5,7H2,2-3H3. The zero-order chi connectivity index (χ0) is 11.3. The van der Waals surface area contributed by atoms with Crippen LogP contribution in [0.25, 0.3) is 0 Å². The maximum atomic E-state index is 9.05. The minimum atomic E-state index is 0.403. The molecule has 0 aliphatic heterocycles. The summed E-state index contributed by atoms with van der Waals surface area (Å²) < 4.78 is 0. The molecule has 1 nitrogen and oxygen atoms in total. The van der Waals surface area contributed by atoms with Gasteiger partial charge in [-0.1, -0.05) is 32.1 Å². The maximum absolute atomic E-state index is 9.05. The molecule has 78 valence electrons. The fourth-order valence-corrected chi connectivity index (χ4v) is 1.87. The summed E-state index contributed by atoms with van der Waals surface area (Å²) in [5.74, 6) is 0.403. The van der Waals surface area contributed by atoms with Gasteiger partial charge in [-0.15, -0.1) is 6.58 Å². The SMILES string of the molecule is C=CCCc1cccc(C#N)c1C(C)C. The van der Waals surface area contributed by atoms with Crippen LogP contribution in [0.2, 0.25) is 0 Å². The molecule has 1 rings (SSSR count). The first-order chi connectivity index (χ1) is 7.20. The van der Waals surface area contributed by atoms with Crippen molar-refractivity contribution in [3.8, 4) is 6.07 Å². The third kappa shape index (κ3) is 2.70. The van der Waals surface area contributed by atoms with E-state index in [-0.39, 0.29) is 0 Å². The second-order valence-electron chi connectivity index (χ2n) is 3.97. The Morgan fingerprint density at radius 1 is 1.47 bits per heavy atom. The van der Waals surface area contributed by atoms with Crippen LogP contribution >= 0.6 is 0 Å². The lowest BCUT2D eigenvalue weighted by Gasteiger charge is -2.13. The molecule has 0 saturated carbocycles. The van der Waals surface area contributed by atoms with Gasteiger partial charge in [-0.3, -0.25) is 0 Å². The zero-order valence-corrected chi connectivity index (χ0v) is 9.46. The summed E-state index contributed by atoms with van der Waals surface area (Å²) >= 11 is 0. The van der Waals surface area contributed by atoms with Gasteiger partial charge in [-0.05, 0) is 36.0 Å². The highest BCUT2D eigenvalue weighted by molar-refractivity contribution is 5.44. The van der Waals surface area contributed by atoms with Crippen LogP contribution in [0.5, 0.6) is 0 Å². The number of benzene rings is 1.